The van der Waals surface area contributed by atoms with Gasteiger partial charge in [0.05, 0.1) is 11.3 Å². The lowest BCUT2D eigenvalue weighted by molar-refractivity contribution is -0.137. The molecule has 2 nitrogen and oxygen atoms in total. The third-order valence-corrected chi connectivity index (χ3v) is 3.58. The molecule has 0 spiro atoms. The van der Waals surface area contributed by atoms with Gasteiger partial charge in [-0.1, -0.05) is 19.1 Å². The Morgan fingerprint density at radius 3 is 2.50 bits per heavy atom. The Balaban J connectivity index is 2.64. The summed E-state index contributed by atoms with van der Waals surface area (Å²) in [4.78, 5) is 0.987. The molecule has 0 bridgehead atoms. The van der Waals surface area contributed by atoms with Gasteiger partial charge < -0.3 is 0 Å². The Morgan fingerprint density at radius 1 is 1.28 bits per heavy atom. The van der Waals surface area contributed by atoms with Gasteiger partial charge in [0.2, 0.25) is 0 Å². The van der Waals surface area contributed by atoms with Crippen LogP contribution in [-0.4, -0.2) is 4.57 Å². The minimum absolute atomic E-state index is 0.00551. The summed E-state index contributed by atoms with van der Waals surface area (Å²) in [5.41, 5.74) is -0.713. The van der Waals surface area contributed by atoms with E-state index in [0.717, 1.165) is 10.9 Å². The number of rotatable bonds is 2. The highest BCUT2D eigenvalue weighted by molar-refractivity contribution is 7.09. The molecule has 2 aromatic rings. The number of aromatic nitrogens is 1. The molecule has 0 saturated heterocycles. The number of nitrogens with one attached hydrogen (secondary N) is 1. The summed E-state index contributed by atoms with van der Waals surface area (Å²) in [5.74, 6) is 0. The molecule has 0 unspecified atom stereocenters. The summed E-state index contributed by atoms with van der Waals surface area (Å²) >= 11 is 1.19. The maximum atomic E-state index is 12.9. The van der Waals surface area contributed by atoms with E-state index >= 15 is 0 Å². The molecule has 1 N–H and O–H groups in total. The average Bonchev–Trinajstić information content (AvgIpc) is 2.69. The first-order valence-corrected chi connectivity index (χ1v) is 6.17. The van der Waals surface area contributed by atoms with Crippen molar-refractivity contribution < 1.29 is 13.2 Å². The maximum absolute atomic E-state index is 12.9. The summed E-state index contributed by atoms with van der Waals surface area (Å²) in [6.07, 6.45) is -2.11. The highest BCUT2D eigenvalue weighted by atomic mass is 32.1. The fourth-order valence-corrected chi connectivity index (χ4v) is 2.47. The quantitative estimate of drug-likeness (QED) is 0.865. The zero-order valence-corrected chi connectivity index (χ0v) is 10.4. The molecule has 1 aromatic heterocycles. The molecule has 0 atom stereocenters. The Kier molecular flexibility index (Phi) is 3.30. The number of hydrogen-bond acceptors (Lipinski definition) is 2. The smallest absolute Gasteiger partial charge is 0.292 e. The number of hydrogen-bond donors (Lipinski definition) is 1. The zero-order valence-electron chi connectivity index (χ0n) is 9.58. The van der Waals surface area contributed by atoms with Crippen molar-refractivity contribution in [3.63, 3.8) is 0 Å². The largest absolute Gasteiger partial charge is 0.418 e. The number of aryl methyl sites for hydroxylation is 1. The summed E-state index contributed by atoms with van der Waals surface area (Å²) in [5, 5.41) is 7.75. The fourth-order valence-electron chi connectivity index (χ4n) is 1.67. The van der Waals surface area contributed by atoms with Gasteiger partial charge in [0.15, 0.2) is 4.80 Å². The molecule has 0 aliphatic carbocycles. The lowest BCUT2D eigenvalue weighted by Crippen LogP contribution is -2.16. The third-order valence-electron chi connectivity index (χ3n) is 2.54. The second-order valence-corrected chi connectivity index (χ2v) is 4.86. The predicted octanol–water partition coefficient (Wildman–Crippen LogP) is 3.60. The van der Waals surface area contributed by atoms with Crippen LogP contribution in [0.25, 0.3) is 5.69 Å². The average molecular weight is 272 g/mol. The molecule has 1 aromatic carbocycles. The molecule has 2 rings (SSSR count). The van der Waals surface area contributed by atoms with Crippen molar-refractivity contribution in [1.29, 1.82) is 5.41 Å². The van der Waals surface area contributed by atoms with Crippen LogP contribution in [0.5, 0.6) is 0 Å². The van der Waals surface area contributed by atoms with Crippen LogP contribution < -0.4 is 4.80 Å². The van der Waals surface area contributed by atoms with Crippen LogP contribution in [0.2, 0.25) is 0 Å². The second kappa shape index (κ2) is 4.61. The van der Waals surface area contributed by atoms with E-state index < -0.39 is 11.7 Å². The van der Waals surface area contributed by atoms with Gasteiger partial charge in [-0.3, -0.25) is 9.98 Å². The minimum atomic E-state index is -4.41. The van der Waals surface area contributed by atoms with E-state index in [4.69, 9.17) is 5.41 Å². The summed E-state index contributed by atoms with van der Waals surface area (Å²) < 4.78 is 39.9. The summed E-state index contributed by atoms with van der Waals surface area (Å²) in [7, 11) is 0. The van der Waals surface area contributed by atoms with Crippen LogP contribution in [0, 0.1) is 5.41 Å². The van der Waals surface area contributed by atoms with Gasteiger partial charge in [-0.15, -0.1) is 11.3 Å². The summed E-state index contributed by atoms with van der Waals surface area (Å²) in [6, 6.07) is 5.31. The first-order chi connectivity index (χ1) is 8.43. The number of halogens is 3. The molecule has 0 radical (unpaired) electrons. The van der Waals surface area contributed by atoms with E-state index in [2.05, 4.69) is 0 Å². The molecular weight excluding hydrogens is 261 g/mol. The standard InChI is InChI=1S/C12H11F3N2S/c1-2-8-7-17(11(16)18-8)10-6-4-3-5-9(10)12(13,14)15/h3-7,16H,2H2,1H3. The molecule has 6 heteroatoms. The summed E-state index contributed by atoms with van der Waals surface area (Å²) in [6.45, 7) is 1.91. The van der Waals surface area contributed by atoms with Gasteiger partial charge in [-0.05, 0) is 18.6 Å². The van der Waals surface area contributed by atoms with Gasteiger partial charge in [-0.25, -0.2) is 0 Å². The van der Waals surface area contributed by atoms with Crippen LogP contribution >= 0.6 is 11.3 Å². The lowest BCUT2D eigenvalue weighted by atomic mass is 10.1. The van der Waals surface area contributed by atoms with Crippen LogP contribution in [0.1, 0.15) is 17.4 Å². The van der Waals surface area contributed by atoms with Crippen LogP contribution in [0.3, 0.4) is 0 Å². The molecule has 0 saturated carbocycles. The van der Waals surface area contributed by atoms with Crippen molar-refractivity contribution >= 4 is 11.3 Å². The molecular formula is C12H11F3N2S. The van der Waals surface area contributed by atoms with Gasteiger partial charge in [0.25, 0.3) is 0 Å². The molecule has 18 heavy (non-hydrogen) atoms. The van der Waals surface area contributed by atoms with E-state index in [1.807, 2.05) is 6.92 Å². The minimum Gasteiger partial charge on any atom is -0.292 e. The van der Waals surface area contributed by atoms with Crippen molar-refractivity contribution in [2.45, 2.75) is 19.5 Å². The number of thiazole rings is 1. The highest BCUT2D eigenvalue weighted by Crippen LogP contribution is 2.33. The topological polar surface area (TPSA) is 28.8 Å². The van der Waals surface area contributed by atoms with Crippen molar-refractivity contribution in [1.82, 2.24) is 4.57 Å². The van der Waals surface area contributed by atoms with E-state index in [0.29, 0.717) is 6.42 Å². The fraction of sp³-hybridized carbons (Fsp3) is 0.250. The third kappa shape index (κ3) is 2.33. The number of nitrogens with zero attached hydrogens (tertiary/aromatic N) is 1. The molecule has 1 heterocycles. The van der Waals surface area contributed by atoms with Gasteiger partial charge in [0, 0.05) is 11.1 Å². The van der Waals surface area contributed by atoms with Crippen LogP contribution in [0.15, 0.2) is 30.5 Å². The second-order valence-electron chi connectivity index (χ2n) is 3.74. The molecule has 0 amide bonds. The van der Waals surface area contributed by atoms with E-state index in [1.54, 1.807) is 12.3 Å². The van der Waals surface area contributed by atoms with E-state index in [-0.39, 0.29) is 10.5 Å². The normalized spacial score (nSPS) is 11.8. The first-order valence-electron chi connectivity index (χ1n) is 5.36. The Morgan fingerprint density at radius 2 is 1.94 bits per heavy atom. The van der Waals surface area contributed by atoms with Crippen molar-refractivity contribution in [3.8, 4) is 5.69 Å². The monoisotopic (exact) mass is 272 g/mol. The molecule has 0 fully saturated rings. The molecule has 0 aliphatic rings. The molecule has 0 aliphatic heterocycles. The SMILES string of the molecule is CCc1cn(-c2ccccc2C(F)(F)F)c(=N)s1. The number of alkyl halides is 3. The van der Waals surface area contributed by atoms with Crippen molar-refractivity contribution in [2.75, 3.05) is 0 Å². The zero-order chi connectivity index (χ0) is 13.3. The van der Waals surface area contributed by atoms with Gasteiger partial charge in [-0.2, -0.15) is 13.2 Å². The number of benzene rings is 1. The predicted molar refractivity (Wildman–Crippen MR) is 63.9 cm³/mol. The number of para-hydroxylation sites is 1. The van der Waals surface area contributed by atoms with E-state index in [1.165, 1.54) is 28.0 Å². The van der Waals surface area contributed by atoms with E-state index in [9.17, 15) is 13.2 Å². The Bertz CT molecular complexity index is 610. The van der Waals surface area contributed by atoms with Gasteiger partial charge in [0.1, 0.15) is 0 Å². The lowest BCUT2D eigenvalue weighted by Gasteiger charge is -2.12. The van der Waals surface area contributed by atoms with Crippen LogP contribution in [0.4, 0.5) is 13.2 Å². The van der Waals surface area contributed by atoms with Gasteiger partial charge >= 0.3 is 6.18 Å². The first kappa shape index (κ1) is 12.9. The van der Waals surface area contributed by atoms with Crippen molar-refractivity contribution in [2.24, 2.45) is 0 Å². The Labute approximate surface area is 106 Å². The Hall–Kier alpha value is -1.56. The van der Waals surface area contributed by atoms with Crippen molar-refractivity contribution in [3.05, 3.63) is 45.7 Å². The highest BCUT2D eigenvalue weighted by Gasteiger charge is 2.33. The maximum Gasteiger partial charge on any atom is 0.418 e. The van der Waals surface area contributed by atoms with Crippen LogP contribution in [-0.2, 0) is 12.6 Å². The molecule has 96 valence electrons.